The van der Waals surface area contributed by atoms with E-state index in [0.717, 1.165) is 5.56 Å². The molecule has 5 nitrogen and oxygen atoms in total. The fourth-order valence-electron chi connectivity index (χ4n) is 1.99. The quantitative estimate of drug-likeness (QED) is 0.848. The third kappa shape index (κ3) is 3.15. The predicted octanol–water partition coefficient (Wildman–Crippen LogP) is 2.50. The first-order chi connectivity index (χ1) is 9.97. The smallest absolute Gasteiger partial charge is 0.263 e. The summed E-state index contributed by atoms with van der Waals surface area (Å²) in [6, 6.07) is 13.2. The number of hydrogen-bond donors (Lipinski definition) is 2. The Morgan fingerprint density at radius 2 is 1.95 bits per heavy atom. The number of nitrogens with zero attached hydrogens (tertiary/aromatic N) is 1. The Hall–Kier alpha value is -2.52. The molecule has 2 rings (SSSR count). The van der Waals surface area contributed by atoms with Crippen LogP contribution in [-0.2, 0) is 16.4 Å². The van der Waals surface area contributed by atoms with Crippen LogP contribution in [0.5, 0.6) is 0 Å². The van der Waals surface area contributed by atoms with E-state index in [4.69, 9.17) is 11.0 Å². The van der Waals surface area contributed by atoms with Crippen molar-refractivity contribution in [3.63, 3.8) is 0 Å². The monoisotopic (exact) mass is 301 g/mol. The molecular weight excluding hydrogens is 286 g/mol. The van der Waals surface area contributed by atoms with Crippen molar-refractivity contribution in [2.45, 2.75) is 18.2 Å². The van der Waals surface area contributed by atoms with Crippen LogP contribution in [0.25, 0.3) is 0 Å². The highest BCUT2D eigenvalue weighted by Crippen LogP contribution is 2.24. The first-order valence-electron chi connectivity index (χ1n) is 6.38. The molecule has 0 amide bonds. The van der Waals surface area contributed by atoms with Crippen LogP contribution >= 0.6 is 0 Å². The number of sulfonamides is 1. The highest BCUT2D eigenvalue weighted by atomic mass is 32.2. The second-order valence-corrected chi connectivity index (χ2v) is 6.13. The molecule has 0 saturated carbocycles. The Morgan fingerprint density at radius 1 is 1.24 bits per heavy atom. The van der Waals surface area contributed by atoms with E-state index in [1.807, 2.05) is 25.1 Å². The van der Waals surface area contributed by atoms with E-state index in [-0.39, 0.29) is 10.6 Å². The number of para-hydroxylation sites is 1. The van der Waals surface area contributed by atoms with Gasteiger partial charge in [0.05, 0.1) is 23.0 Å². The van der Waals surface area contributed by atoms with Gasteiger partial charge in [-0.15, -0.1) is 0 Å². The summed E-state index contributed by atoms with van der Waals surface area (Å²) in [4.78, 5) is -0.0348. The van der Waals surface area contributed by atoms with Crippen molar-refractivity contribution < 1.29 is 8.42 Å². The fourth-order valence-corrected chi connectivity index (χ4v) is 3.21. The lowest BCUT2D eigenvalue weighted by Crippen LogP contribution is -2.16. The van der Waals surface area contributed by atoms with Crippen LogP contribution in [0.3, 0.4) is 0 Å². The van der Waals surface area contributed by atoms with E-state index in [0.29, 0.717) is 17.7 Å². The van der Waals surface area contributed by atoms with Crippen molar-refractivity contribution in [1.82, 2.24) is 0 Å². The minimum Gasteiger partial charge on any atom is -0.398 e. The molecule has 0 spiro atoms. The molecule has 21 heavy (non-hydrogen) atoms. The van der Waals surface area contributed by atoms with Crippen molar-refractivity contribution in [2.75, 3.05) is 10.5 Å². The first-order valence-corrected chi connectivity index (χ1v) is 7.86. The standard InChI is InChI=1S/C15H15N3O2S/c1-2-12-5-3-4-6-14(12)18-21(19,20)15-8-7-11(10-16)9-13(15)17/h3-9,18H,2,17H2,1H3. The number of hydrogen-bond acceptors (Lipinski definition) is 4. The van der Waals surface area contributed by atoms with E-state index in [1.54, 1.807) is 12.1 Å². The van der Waals surface area contributed by atoms with Gasteiger partial charge in [0.15, 0.2) is 0 Å². The Morgan fingerprint density at radius 3 is 2.57 bits per heavy atom. The molecule has 0 aliphatic rings. The van der Waals surface area contributed by atoms with E-state index in [9.17, 15) is 8.42 Å². The lowest BCUT2D eigenvalue weighted by atomic mass is 10.1. The van der Waals surface area contributed by atoms with Gasteiger partial charge in [0.25, 0.3) is 10.0 Å². The van der Waals surface area contributed by atoms with Gasteiger partial charge in [0.1, 0.15) is 4.90 Å². The van der Waals surface area contributed by atoms with Crippen molar-refractivity contribution >= 4 is 21.4 Å². The van der Waals surface area contributed by atoms with Crippen LogP contribution in [-0.4, -0.2) is 8.42 Å². The largest absolute Gasteiger partial charge is 0.398 e. The molecule has 0 aromatic heterocycles. The normalized spacial score (nSPS) is 10.9. The lowest BCUT2D eigenvalue weighted by molar-refractivity contribution is 0.601. The molecule has 108 valence electrons. The van der Waals surface area contributed by atoms with Crippen LogP contribution in [0.4, 0.5) is 11.4 Å². The van der Waals surface area contributed by atoms with Gasteiger partial charge in [-0.3, -0.25) is 4.72 Å². The van der Waals surface area contributed by atoms with Gasteiger partial charge in [-0.2, -0.15) is 5.26 Å². The lowest BCUT2D eigenvalue weighted by Gasteiger charge is -2.13. The van der Waals surface area contributed by atoms with Crippen LogP contribution in [0, 0.1) is 11.3 Å². The summed E-state index contributed by atoms with van der Waals surface area (Å²) in [5.74, 6) is 0. The Balaban J connectivity index is 2.42. The zero-order chi connectivity index (χ0) is 15.5. The number of nitrogens with one attached hydrogen (secondary N) is 1. The first kappa shape index (κ1) is 14.9. The number of nitriles is 1. The molecule has 0 fully saturated rings. The van der Waals surface area contributed by atoms with Crippen LogP contribution in [0.2, 0.25) is 0 Å². The molecular formula is C15H15N3O2S. The summed E-state index contributed by atoms with van der Waals surface area (Å²) in [6.07, 6.45) is 0.710. The summed E-state index contributed by atoms with van der Waals surface area (Å²) < 4.78 is 27.4. The van der Waals surface area contributed by atoms with Gasteiger partial charge in [-0.1, -0.05) is 25.1 Å². The molecule has 0 bridgehead atoms. The molecule has 0 aliphatic carbocycles. The maximum Gasteiger partial charge on any atom is 0.263 e. The molecule has 6 heteroatoms. The number of benzene rings is 2. The van der Waals surface area contributed by atoms with E-state index in [1.165, 1.54) is 18.2 Å². The minimum atomic E-state index is -3.79. The molecule has 3 N–H and O–H groups in total. The van der Waals surface area contributed by atoms with Gasteiger partial charge in [-0.25, -0.2) is 8.42 Å². The van der Waals surface area contributed by atoms with Gasteiger partial charge in [0.2, 0.25) is 0 Å². The van der Waals surface area contributed by atoms with Crippen molar-refractivity contribution in [3.8, 4) is 6.07 Å². The van der Waals surface area contributed by atoms with E-state index >= 15 is 0 Å². The number of aryl methyl sites for hydroxylation is 1. The molecule has 0 unspecified atom stereocenters. The summed E-state index contributed by atoms with van der Waals surface area (Å²) in [7, 11) is -3.79. The third-order valence-corrected chi connectivity index (χ3v) is 4.51. The molecule has 0 atom stereocenters. The van der Waals surface area contributed by atoms with Gasteiger partial charge in [-0.05, 0) is 36.2 Å². The average Bonchev–Trinajstić information content (AvgIpc) is 2.47. The van der Waals surface area contributed by atoms with Crippen molar-refractivity contribution in [3.05, 3.63) is 53.6 Å². The average molecular weight is 301 g/mol. The van der Waals surface area contributed by atoms with E-state index in [2.05, 4.69) is 4.72 Å². The van der Waals surface area contributed by atoms with Gasteiger partial charge < -0.3 is 5.73 Å². The maximum atomic E-state index is 12.4. The van der Waals surface area contributed by atoms with Crippen LogP contribution in [0.15, 0.2) is 47.4 Å². The molecule has 0 aliphatic heterocycles. The SMILES string of the molecule is CCc1ccccc1NS(=O)(=O)c1ccc(C#N)cc1N. The minimum absolute atomic E-state index is 0.0348. The highest BCUT2D eigenvalue weighted by Gasteiger charge is 2.18. The third-order valence-electron chi connectivity index (χ3n) is 3.07. The van der Waals surface area contributed by atoms with E-state index < -0.39 is 10.0 Å². The Kier molecular flexibility index (Phi) is 4.15. The summed E-state index contributed by atoms with van der Waals surface area (Å²) >= 11 is 0. The van der Waals surface area contributed by atoms with Gasteiger partial charge >= 0.3 is 0 Å². The molecule has 0 radical (unpaired) electrons. The van der Waals surface area contributed by atoms with Crippen LogP contribution < -0.4 is 10.5 Å². The van der Waals surface area contributed by atoms with Crippen molar-refractivity contribution in [2.24, 2.45) is 0 Å². The molecule has 0 saturated heterocycles. The number of nitrogen functional groups attached to an aromatic ring is 1. The molecule has 2 aromatic carbocycles. The number of nitrogens with two attached hydrogens (primary N) is 1. The zero-order valence-electron chi connectivity index (χ0n) is 11.5. The Bertz CT molecular complexity index is 808. The summed E-state index contributed by atoms with van der Waals surface area (Å²) in [5.41, 5.74) is 7.54. The molecule has 0 heterocycles. The second-order valence-electron chi connectivity index (χ2n) is 4.48. The van der Waals surface area contributed by atoms with Crippen molar-refractivity contribution in [1.29, 1.82) is 5.26 Å². The Labute approximate surface area is 124 Å². The number of anilines is 2. The summed E-state index contributed by atoms with van der Waals surface area (Å²) in [6.45, 7) is 1.95. The molecule has 2 aromatic rings. The fraction of sp³-hybridized carbons (Fsp3) is 0.133. The summed E-state index contributed by atoms with van der Waals surface area (Å²) in [5, 5.41) is 8.79. The number of rotatable bonds is 4. The van der Waals surface area contributed by atoms with Crippen LogP contribution in [0.1, 0.15) is 18.1 Å². The topological polar surface area (TPSA) is 96.0 Å². The second kappa shape index (κ2) is 5.85. The van der Waals surface area contributed by atoms with Gasteiger partial charge in [0, 0.05) is 0 Å². The highest BCUT2D eigenvalue weighted by molar-refractivity contribution is 7.92. The predicted molar refractivity (Wildman–Crippen MR) is 82.2 cm³/mol. The maximum absolute atomic E-state index is 12.4. The zero-order valence-corrected chi connectivity index (χ0v) is 12.3.